The molecule has 124 valence electrons. The number of benzene rings is 2. The lowest BCUT2D eigenvalue weighted by Gasteiger charge is -2.07. The third-order valence-corrected chi connectivity index (χ3v) is 4.86. The van der Waals surface area contributed by atoms with E-state index in [-0.39, 0.29) is 0 Å². The van der Waals surface area contributed by atoms with Crippen molar-refractivity contribution in [3.63, 3.8) is 0 Å². The molecule has 0 aliphatic rings. The van der Waals surface area contributed by atoms with E-state index in [0.717, 1.165) is 27.8 Å². The standard InChI is InChI=1S/C20H18N4S/c1-14-3-4-15(2)18(11-14)22-20-23-19(12-25-20)16-5-7-17(8-6-16)24-10-9-21-13-24/h3-13H,1-2H3,(H,22,23). The zero-order valence-electron chi connectivity index (χ0n) is 14.1. The fourth-order valence-corrected chi connectivity index (χ4v) is 3.40. The number of thiazole rings is 1. The quantitative estimate of drug-likeness (QED) is 0.541. The van der Waals surface area contributed by atoms with Gasteiger partial charge in [0.05, 0.1) is 12.0 Å². The molecule has 0 amide bonds. The second kappa shape index (κ2) is 6.53. The Kier molecular flexibility index (Phi) is 4.07. The lowest BCUT2D eigenvalue weighted by atomic mass is 10.1. The van der Waals surface area contributed by atoms with Crippen LogP contribution in [0.25, 0.3) is 16.9 Å². The van der Waals surface area contributed by atoms with Crippen LogP contribution in [0.15, 0.2) is 66.6 Å². The molecule has 1 N–H and O–H groups in total. The maximum absolute atomic E-state index is 4.73. The summed E-state index contributed by atoms with van der Waals surface area (Å²) in [6.45, 7) is 4.20. The molecule has 5 heteroatoms. The van der Waals surface area contributed by atoms with Crippen molar-refractivity contribution in [3.05, 3.63) is 77.7 Å². The van der Waals surface area contributed by atoms with Crippen LogP contribution in [0.5, 0.6) is 0 Å². The molecule has 2 heterocycles. The summed E-state index contributed by atoms with van der Waals surface area (Å²) < 4.78 is 1.98. The maximum Gasteiger partial charge on any atom is 0.187 e. The molecule has 0 spiro atoms. The zero-order chi connectivity index (χ0) is 17.2. The molecule has 0 saturated carbocycles. The number of aromatic nitrogens is 3. The maximum atomic E-state index is 4.73. The van der Waals surface area contributed by atoms with Crippen LogP contribution in [-0.4, -0.2) is 14.5 Å². The van der Waals surface area contributed by atoms with Crippen LogP contribution < -0.4 is 5.32 Å². The van der Waals surface area contributed by atoms with Gasteiger partial charge in [-0.25, -0.2) is 9.97 Å². The zero-order valence-corrected chi connectivity index (χ0v) is 14.9. The van der Waals surface area contributed by atoms with Gasteiger partial charge in [-0.3, -0.25) is 0 Å². The predicted octanol–water partition coefficient (Wildman–Crippen LogP) is 5.36. The average Bonchev–Trinajstić information content (AvgIpc) is 3.30. The van der Waals surface area contributed by atoms with E-state index < -0.39 is 0 Å². The van der Waals surface area contributed by atoms with E-state index in [4.69, 9.17) is 4.98 Å². The van der Waals surface area contributed by atoms with Gasteiger partial charge in [0.2, 0.25) is 0 Å². The SMILES string of the molecule is Cc1ccc(C)c(Nc2nc(-c3ccc(-n4ccnc4)cc3)cs2)c1. The molecule has 2 aromatic carbocycles. The summed E-state index contributed by atoms with van der Waals surface area (Å²) in [7, 11) is 0. The van der Waals surface area contributed by atoms with Gasteiger partial charge in [-0.05, 0) is 43.2 Å². The van der Waals surface area contributed by atoms with E-state index in [9.17, 15) is 0 Å². The number of imidazole rings is 1. The highest BCUT2D eigenvalue weighted by atomic mass is 32.1. The van der Waals surface area contributed by atoms with Crippen LogP contribution in [0.1, 0.15) is 11.1 Å². The number of nitrogens with one attached hydrogen (secondary N) is 1. The summed E-state index contributed by atoms with van der Waals surface area (Å²) >= 11 is 1.62. The first-order valence-corrected chi connectivity index (χ1v) is 8.95. The summed E-state index contributed by atoms with van der Waals surface area (Å²) in [6.07, 6.45) is 5.51. The number of rotatable bonds is 4. The molecule has 0 bridgehead atoms. The van der Waals surface area contributed by atoms with Crippen LogP contribution in [-0.2, 0) is 0 Å². The first-order valence-electron chi connectivity index (χ1n) is 8.07. The number of anilines is 2. The molecule has 2 aromatic heterocycles. The lowest BCUT2D eigenvalue weighted by Crippen LogP contribution is -1.93. The van der Waals surface area contributed by atoms with E-state index in [0.29, 0.717) is 0 Å². The van der Waals surface area contributed by atoms with Gasteiger partial charge in [0.15, 0.2) is 5.13 Å². The fourth-order valence-electron chi connectivity index (χ4n) is 2.67. The molecule has 25 heavy (non-hydrogen) atoms. The van der Waals surface area contributed by atoms with Gasteiger partial charge in [-0.15, -0.1) is 11.3 Å². The van der Waals surface area contributed by atoms with Gasteiger partial charge < -0.3 is 9.88 Å². The normalized spacial score (nSPS) is 10.8. The van der Waals surface area contributed by atoms with Crippen LogP contribution in [0, 0.1) is 13.8 Å². The number of nitrogens with zero attached hydrogens (tertiary/aromatic N) is 3. The first-order chi connectivity index (χ1) is 12.2. The van der Waals surface area contributed by atoms with E-state index in [1.54, 1.807) is 23.9 Å². The Bertz CT molecular complexity index is 985. The van der Waals surface area contributed by atoms with Gasteiger partial charge >= 0.3 is 0 Å². The average molecular weight is 346 g/mol. The van der Waals surface area contributed by atoms with E-state index in [1.165, 1.54) is 11.1 Å². The van der Waals surface area contributed by atoms with Gasteiger partial charge in [0.25, 0.3) is 0 Å². The molecule has 0 fully saturated rings. The third-order valence-electron chi connectivity index (χ3n) is 4.10. The van der Waals surface area contributed by atoms with E-state index >= 15 is 0 Å². The Balaban J connectivity index is 1.56. The monoisotopic (exact) mass is 346 g/mol. The summed E-state index contributed by atoms with van der Waals surface area (Å²) in [5.74, 6) is 0. The van der Waals surface area contributed by atoms with Gasteiger partial charge in [0.1, 0.15) is 0 Å². The summed E-state index contributed by atoms with van der Waals surface area (Å²) in [5.41, 5.74) is 6.73. The van der Waals surface area contributed by atoms with Crippen molar-refractivity contribution in [1.82, 2.24) is 14.5 Å². The van der Waals surface area contributed by atoms with Gasteiger partial charge in [-0.2, -0.15) is 0 Å². The third kappa shape index (κ3) is 3.32. The number of aryl methyl sites for hydroxylation is 2. The Morgan fingerprint density at radius 2 is 1.88 bits per heavy atom. The molecular formula is C20H18N4S. The highest BCUT2D eigenvalue weighted by Crippen LogP contribution is 2.29. The van der Waals surface area contributed by atoms with Crippen molar-refractivity contribution >= 4 is 22.2 Å². The second-order valence-electron chi connectivity index (χ2n) is 6.00. The van der Waals surface area contributed by atoms with Crippen molar-refractivity contribution in [1.29, 1.82) is 0 Å². The molecule has 0 radical (unpaired) electrons. The minimum Gasteiger partial charge on any atom is -0.331 e. The fraction of sp³-hybridized carbons (Fsp3) is 0.100. The summed E-state index contributed by atoms with van der Waals surface area (Å²) in [6, 6.07) is 14.7. The molecular weight excluding hydrogens is 328 g/mol. The van der Waals surface area contributed by atoms with Crippen LogP contribution >= 0.6 is 11.3 Å². The second-order valence-corrected chi connectivity index (χ2v) is 6.86. The predicted molar refractivity (Wildman–Crippen MR) is 104 cm³/mol. The van der Waals surface area contributed by atoms with Crippen molar-refractivity contribution in [3.8, 4) is 16.9 Å². The molecule has 0 aliphatic heterocycles. The Morgan fingerprint density at radius 1 is 1.04 bits per heavy atom. The first kappa shape index (κ1) is 15.6. The molecule has 0 saturated heterocycles. The molecule has 0 atom stereocenters. The highest BCUT2D eigenvalue weighted by molar-refractivity contribution is 7.14. The van der Waals surface area contributed by atoms with Crippen LogP contribution in [0.3, 0.4) is 0 Å². The summed E-state index contributed by atoms with van der Waals surface area (Å²) in [4.78, 5) is 8.81. The van der Waals surface area contributed by atoms with Crippen LogP contribution in [0.2, 0.25) is 0 Å². The summed E-state index contributed by atoms with van der Waals surface area (Å²) in [5, 5.41) is 6.42. The van der Waals surface area contributed by atoms with E-state index in [2.05, 4.69) is 72.0 Å². The molecule has 4 aromatic rings. The van der Waals surface area contributed by atoms with Crippen LogP contribution in [0.4, 0.5) is 10.8 Å². The van der Waals surface area contributed by atoms with E-state index in [1.807, 2.05) is 10.8 Å². The van der Waals surface area contributed by atoms with Gasteiger partial charge in [-0.1, -0.05) is 24.3 Å². The minimum absolute atomic E-state index is 0.905. The van der Waals surface area contributed by atoms with Crippen molar-refractivity contribution in [2.24, 2.45) is 0 Å². The lowest BCUT2D eigenvalue weighted by molar-refractivity contribution is 1.06. The molecule has 4 rings (SSSR count). The topological polar surface area (TPSA) is 42.7 Å². The largest absolute Gasteiger partial charge is 0.331 e. The highest BCUT2D eigenvalue weighted by Gasteiger charge is 2.07. The Labute approximate surface area is 150 Å². The Hall–Kier alpha value is -2.92. The van der Waals surface area contributed by atoms with Crippen molar-refractivity contribution < 1.29 is 0 Å². The molecule has 0 unspecified atom stereocenters. The number of hydrogen-bond acceptors (Lipinski definition) is 4. The molecule has 4 nitrogen and oxygen atoms in total. The van der Waals surface area contributed by atoms with Gasteiger partial charge in [0, 0.05) is 34.7 Å². The minimum atomic E-state index is 0.905. The van der Waals surface area contributed by atoms with Crippen molar-refractivity contribution in [2.75, 3.05) is 5.32 Å². The number of hydrogen-bond donors (Lipinski definition) is 1. The molecule has 0 aliphatic carbocycles. The smallest absolute Gasteiger partial charge is 0.187 e. The Morgan fingerprint density at radius 3 is 2.64 bits per heavy atom. The van der Waals surface area contributed by atoms with Crippen molar-refractivity contribution in [2.45, 2.75) is 13.8 Å².